The van der Waals surface area contributed by atoms with Gasteiger partial charge in [0, 0.05) is 12.1 Å². The van der Waals surface area contributed by atoms with Crippen molar-refractivity contribution in [2.45, 2.75) is 52.2 Å². The van der Waals surface area contributed by atoms with E-state index in [9.17, 15) is 18.0 Å². The summed E-state index contributed by atoms with van der Waals surface area (Å²) in [7, 11) is -0.727. The summed E-state index contributed by atoms with van der Waals surface area (Å²) in [6.45, 7) is 7.08. The Morgan fingerprint density at radius 2 is 1.44 bits per heavy atom. The second-order valence-electron chi connectivity index (χ2n) is 9.50. The van der Waals surface area contributed by atoms with Crippen LogP contribution in [0.4, 0.5) is 5.69 Å². The average molecular weight is 520 g/mol. The lowest BCUT2D eigenvalue weighted by Gasteiger charge is -2.34. The molecule has 0 heterocycles. The first kappa shape index (κ1) is 29.0. The van der Waals surface area contributed by atoms with Gasteiger partial charge in [0.25, 0.3) is 0 Å². The second kappa shape index (κ2) is 12.1. The molecular weight excluding hydrogens is 482 g/mol. The van der Waals surface area contributed by atoms with Crippen LogP contribution in [-0.2, 0) is 26.2 Å². The zero-order chi connectivity index (χ0) is 27.1. The maximum absolute atomic E-state index is 13.7. The molecule has 2 amide bonds. The molecule has 36 heavy (non-hydrogen) atoms. The highest BCUT2D eigenvalue weighted by molar-refractivity contribution is 7.92. The summed E-state index contributed by atoms with van der Waals surface area (Å²) < 4.78 is 36.7. The Morgan fingerprint density at radius 1 is 0.944 bits per heavy atom. The lowest BCUT2D eigenvalue weighted by Crippen LogP contribution is -2.55. The number of anilines is 1. The summed E-state index contributed by atoms with van der Waals surface area (Å²) in [6.07, 6.45) is 1.40. The minimum Gasteiger partial charge on any atom is -0.497 e. The number of methoxy groups -OCH3 is 2. The summed E-state index contributed by atoms with van der Waals surface area (Å²) in [5.74, 6) is 0.423. The predicted molar refractivity (Wildman–Crippen MR) is 141 cm³/mol. The minimum atomic E-state index is -3.80. The van der Waals surface area contributed by atoms with Crippen molar-refractivity contribution in [2.75, 3.05) is 31.3 Å². The number of nitrogens with zero attached hydrogens (tertiary/aromatic N) is 2. The van der Waals surface area contributed by atoms with E-state index in [0.717, 1.165) is 16.1 Å². The van der Waals surface area contributed by atoms with Gasteiger partial charge in [0.15, 0.2) is 0 Å². The number of benzene rings is 2. The molecule has 0 fully saturated rings. The molecule has 0 aliphatic rings. The lowest BCUT2D eigenvalue weighted by atomic mass is 10.1. The minimum absolute atomic E-state index is 0.124. The zero-order valence-electron chi connectivity index (χ0n) is 22.1. The molecule has 0 spiro atoms. The number of carbonyl (C=O) groups excluding carboxylic acids is 2. The van der Waals surface area contributed by atoms with Crippen molar-refractivity contribution in [3.63, 3.8) is 0 Å². The Bertz CT molecular complexity index is 1130. The third-order valence-electron chi connectivity index (χ3n) is 5.44. The normalized spacial score (nSPS) is 12.4. The molecule has 1 N–H and O–H groups in total. The summed E-state index contributed by atoms with van der Waals surface area (Å²) in [5.41, 5.74) is 0.603. The maximum Gasteiger partial charge on any atom is 0.244 e. The monoisotopic (exact) mass is 519 g/mol. The number of nitrogens with one attached hydrogen (secondary N) is 1. The Morgan fingerprint density at radius 3 is 1.86 bits per heavy atom. The molecule has 2 rings (SSSR count). The smallest absolute Gasteiger partial charge is 0.244 e. The van der Waals surface area contributed by atoms with Crippen molar-refractivity contribution in [3.8, 4) is 11.5 Å². The van der Waals surface area contributed by atoms with Gasteiger partial charge in [-0.15, -0.1) is 0 Å². The largest absolute Gasteiger partial charge is 0.497 e. The molecule has 0 unspecified atom stereocenters. The number of rotatable bonds is 11. The van der Waals surface area contributed by atoms with Crippen molar-refractivity contribution in [1.29, 1.82) is 0 Å². The SMILES string of the molecule is CC[C@@H](C(=O)NC(C)(C)C)N(Cc1ccc(OC)cc1)C(=O)CN(c1ccc(OC)cc1)S(C)(=O)=O. The number of sulfonamides is 1. The van der Waals surface area contributed by atoms with Crippen LogP contribution in [-0.4, -0.2) is 63.7 Å². The molecule has 2 aromatic carbocycles. The van der Waals surface area contributed by atoms with Crippen LogP contribution >= 0.6 is 0 Å². The van der Waals surface area contributed by atoms with Gasteiger partial charge in [-0.1, -0.05) is 19.1 Å². The number of ether oxygens (including phenoxy) is 2. The standard InChI is InChI=1S/C26H37N3O6S/c1-8-23(25(31)27-26(2,3)4)28(17-19-9-13-21(34-5)14-10-19)24(30)18-29(36(7,32)33)20-11-15-22(35-6)16-12-20/h9-16,23H,8,17-18H2,1-7H3,(H,27,31)/t23-/m0/s1. The molecule has 10 heteroatoms. The first-order valence-corrected chi connectivity index (χ1v) is 13.5. The van der Waals surface area contributed by atoms with Gasteiger partial charge < -0.3 is 19.7 Å². The van der Waals surface area contributed by atoms with Crippen molar-refractivity contribution in [3.05, 3.63) is 54.1 Å². The van der Waals surface area contributed by atoms with Crippen LogP contribution in [0, 0.1) is 0 Å². The summed E-state index contributed by atoms with van der Waals surface area (Å²) in [4.78, 5) is 28.3. The molecule has 0 saturated heterocycles. The average Bonchev–Trinajstić information content (AvgIpc) is 2.81. The Labute approximate surface area is 214 Å². The third kappa shape index (κ3) is 8.15. The van der Waals surface area contributed by atoms with Gasteiger partial charge in [-0.2, -0.15) is 0 Å². The topological polar surface area (TPSA) is 105 Å². The fourth-order valence-electron chi connectivity index (χ4n) is 3.66. The molecule has 0 aromatic heterocycles. The highest BCUT2D eigenvalue weighted by Crippen LogP contribution is 2.23. The van der Waals surface area contributed by atoms with Gasteiger partial charge in [0.2, 0.25) is 21.8 Å². The highest BCUT2D eigenvalue weighted by Gasteiger charge is 2.33. The molecule has 0 aliphatic heterocycles. The maximum atomic E-state index is 13.7. The van der Waals surface area contributed by atoms with Crippen LogP contribution in [0.5, 0.6) is 11.5 Å². The molecule has 0 saturated carbocycles. The lowest BCUT2D eigenvalue weighted by molar-refractivity contribution is -0.141. The van der Waals surface area contributed by atoms with E-state index in [0.29, 0.717) is 23.6 Å². The number of carbonyl (C=O) groups is 2. The molecule has 198 valence electrons. The van der Waals surface area contributed by atoms with Crippen molar-refractivity contribution >= 4 is 27.5 Å². The number of hydrogen-bond donors (Lipinski definition) is 1. The van der Waals surface area contributed by atoms with Gasteiger partial charge in [0.1, 0.15) is 24.1 Å². The predicted octanol–water partition coefficient (Wildman–Crippen LogP) is 3.19. The first-order valence-electron chi connectivity index (χ1n) is 11.6. The summed E-state index contributed by atoms with van der Waals surface area (Å²) in [6, 6.07) is 12.8. The zero-order valence-corrected chi connectivity index (χ0v) is 22.9. The van der Waals surface area contributed by atoms with Crippen molar-refractivity contribution in [1.82, 2.24) is 10.2 Å². The molecule has 0 radical (unpaired) electrons. The second-order valence-corrected chi connectivity index (χ2v) is 11.4. The Kier molecular flexibility index (Phi) is 9.75. The summed E-state index contributed by atoms with van der Waals surface area (Å²) in [5, 5.41) is 2.94. The molecule has 0 bridgehead atoms. The van der Waals surface area contributed by atoms with E-state index in [1.54, 1.807) is 43.5 Å². The molecular formula is C26H37N3O6S. The van der Waals surface area contributed by atoms with E-state index in [-0.39, 0.29) is 12.5 Å². The van der Waals surface area contributed by atoms with E-state index in [1.165, 1.54) is 12.0 Å². The number of amides is 2. The highest BCUT2D eigenvalue weighted by atomic mass is 32.2. The summed E-state index contributed by atoms with van der Waals surface area (Å²) >= 11 is 0. The van der Waals surface area contributed by atoms with Gasteiger partial charge in [-0.25, -0.2) is 8.42 Å². The van der Waals surface area contributed by atoms with Crippen LogP contribution in [0.2, 0.25) is 0 Å². The van der Waals surface area contributed by atoms with Crippen molar-refractivity contribution in [2.24, 2.45) is 0 Å². The number of hydrogen-bond acceptors (Lipinski definition) is 6. The van der Waals surface area contributed by atoms with Crippen LogP contribution in [0.25, 0.3) is 0 Å². The fraction of sp³-hybridized carbons (Fsp3) is 0.462. The first-order chi connectivity index (χ1) is 16.8. The van der Waals surface area contributed by atoms with Gasteiger partial charge >= 0.3 is 0 Å². The molecule has 1 atom stereocenters. The molecule has 2 aromatic rings. The van der Waals surface area contributed by atoms with Crippen LogP contribution in [0.3, 0.4) is 0 Å². The third-order valence-corrected chi connectivity index (χ3v) is 6.58. The Hall–Kier alpha value is -3.27. The fourth-order valence-corrected chi connectivity index (χ4v) is 4.51. The molecule has 9 nitrogen and oxygen atoms in total. The van der Waals surface area contributed by atoms with E-state index < -0.39 is 34.1 Å². The van der Waals surface area contributed by atoms with E-state index in [2.05, 4.69) is 5.32 Å². The van der Waals surface area contributed by atoms with Gasteiger partial charge in [-0.3, -0.25) is 13.9 Å². The van der Waals surface area contributed by atoms with Gasteiger partial charge in [0.05, 0.1) is 26.2 Å². The quantitative estimate of drug-likeness (QED) is 0.489. The van der Waals surface area contributed by atoms with Crippen LogP contribution in [0.15, 0.2) is 48.5 Å². The Balaban J connectivity index is 2.44. The van der Waals surface area contributed by atoms with Crippen molar-refractivity contribution < 1.29 is 27.5 Å². The van der Waals surface area contributed by atoms with E-state index in [4.69, 9.17) is 9.47 Å². The van der Waals surface area contributed by atoms with Gasteiger partial charge in [-0.05, 0) is 69.2 Å². The van der Waals surface area contributed by atoms with E-state index in [1.807, 2.05) is 39.8 Å². The van der Waals surface area contributed by atoms with Crippen LogP contribution < -0.4 is 19.1 Å². The van der Waals surface area contributed by atoms with E-state index >= 15 is 0 Å². The van der Waals surface area contributed by atoms with Crippen LogP contribution in [0.1, 0.15) is 39.7 Å². The molecule has 0 aliphatic carbocycles.